The Morgan fingerprint density at radius 1 is 0.932 bits per heavy atom. The molecule has 1 unspecified atom stereocenters. The lowest BCUT2D eigenvalue weighted by molar-refractivity contribution is -0.120. The van der Waals surface area contributed by atoms with Gasteiger partial charge in [0.15, 0.2) is 15.1 Å². The van der Waals surface area contributed by atoms with Gasteiger partial charge in [-0.15, -0.1) is 11.3 Å². The van der Waals surface area contributed by atoms with E-state index in [1.54, 1.807) is 43.5 Å². The van der Waals surface area contributed by atoms with Crippen molar-refractivity contribution >= 4 is 53.2 Å². The number of nitrogens with one attached hydrogen (secondary N) is 2. The summed E-state index contributed by atoms with van der Waals surface area (Å²) >= 11 is 1.02. The van der Waals surface area contributed by atoms with E-state index < -0.39 is 49.2 Å². The van der Waals surface area contributed by atoms with Crippen molar-refractivity contribution in [2.75, 3.05) is 32.6 Å². The standard InChI is InChI=1S/C29H31FN4O7S3/c1-41-14-12-32-27(35)22-8-6-21(7-9-22)23-10-11-24-25(16-23)42-29(34-24)26(28(36)33-13-15-44(31,39)40)43(37,38)18-20-4-2-19(17-30)3-5-20/h2-11,16,26H,12-15,17-18H2,1H3,(H,32,35)(H,33,36)(H2,31,39,40). The Hall–Kier alpha value is -3.76. The molecule has 15 heteroatoms. The first-order valence-electron chi connectivity index (χ1n) is 13.3. The normalized spacial score (nSPS) is 12.6. The maximum Gasteiger partial charge on any atom is 0.251 e. The van der Waals surface area contributed by atoms with Crippen LogP contribution in [0.2, 0.25) is 0 Å². The molecule has 1 heterocycles. The third kappa shape index (κ3) is 8.66. The highest BCUT2D eigenvalue weighted by Crippen LogP contribution is 2.35. The Labute approximate surface area is 258 Å². The zero-order chi connectivity index (χ0) is 31.9. The topological polar surface area (TPSA) is 175 Å². The van der Waals surface area contributed by atoms with E-state index >= 15 is 0 Å². The van der Waals surface area contributed by atoms with E-state index in [0.29, 0.717) is 40.1 Å². The molecule has 1 atom stereocenters. The van der Waals surface area contributed by atoms with Gasteiger partial charge < -0.3 is 15.4 Å². The summed E-state index contributed by atoms with van der Waals surface area (Å²) in [7, 11) is -6.58. The smallest absolute Gasteiger partial charge is 0.251 e. The SMILES string of the molecule is COCCNC(=O)c1ccc(-c2ccc3nc(C(C(=O)NCCS(N)(=O)=O)S(=O)(=O)Cc4ccc(CF)cc4)sc3c2)cc1. The monoisotopic (exact) mass is 662 g/mol. The fourth-order valence-electron chi connectivity index (χ4n) is 4.30. The average Bonchev–Trinajstić information content (AvgIpc) is 3.39. The number of nitrogens with two attached hydrogens (primary N) is 1. The maximum absolute atomic E-state index is 13.6. The number of rotatable bonds is 14. The van der Waals surface area contributed by atoms with E-state index in [1.165, 1.54) is 24.3 Å². The number of nitrogens with zero attached hydrogens (tertiary/aromatic N) is 1. The summed E-state index contributed by atoms with van der Waals surface area (Å²) in [6, 6.07) is 18.1. The number of benzene rings is 3. The van der Waals surface area contributed by atoms with Crippen molar-refractivity contribution in [1.82, 2.24) is 15.6 Å². The van der Waals surface area contributed by atoms with Crippen molar-refractivity contribution < 1.29 is 35.6 Å². The second-order valence-electron chi connectivity index (χ2n) is 9.86. The number of hydrogen-bond donors (Lipinski definition) is 3. The summed E-state index contributed by atoms with van der Waals surface area (Å²) in [4.78, 5) is 30.0. The van der Waals surface area contributed by atoms with Gasteiger partial charge in [-0.25, -0.2) is 31.3 Å². The Morgan fingerprint density at radius 3 is 2.23 bits per heavy atom. The fourth-order valence-corrected chi connectivity index (χ4v) is 7.85. The van der Waals surface area contributed by atoms with Crippen LogP contribution >= 0.6 is 11.3 Å². The zero-order valence-corrected chi connectivity index (χ0v) is 26.1. The minimum Gasteiger partial charge on any atom is -0.383 e. The number of carbonyl (C=O) groups is 2. The van der Waals surface area contributed by atoms with Crippen molar-refractivity contribution in [3.8, 4) is 11.1 Å². The van der Waals surface area contributed by atoms with Crippen molar-refractivity contribution in [2.45, 2.75) is 17.7 Å². The second-order valence-corrected chi connectivity index (χ2v) is 14.7. The number of methoxy groups -OCH3 is 1. The average molecular weight is 663 g/mol. The first-order chi connectivity index (χ1) is 20.9. The molecular formula is C29H31FN4O7S3. The van der Waals surface area contributed by atoms with Crippen LogP contribution in [0.4, 0.5) is 4.39 Å². The number of sulfonamides is 1. The van der Waals surface area contributed by atoms with Crippen LogP contribution in [0.15, 0.2) is 66.7 Å². The molecule has 234 valence electrons. The van der Waals surface area contributed by atoms with Gasteiger partial charge >= 0.3 is 0 Å². The molecule has 0 bridgehead atoms. The van der Waals surface area contributed by atoms with E-state index in [9.17, 15) is 30.8 Å². The predicted molar refractivity (Wildman–Crippen MR) is 167 cm³/mol. The summed E-state index contributed by atoms with van der Waals surface area (Å²) in [6.07, 6.45) is 0. The van der Waals surface area contributed by atoms with Crippen LogP contribution in [0, 0.1) is 0 Å². The number of halogens is 1. The van der Waals surface area contributed by atoms with Gasteiger partial charge in [0.25, 0.3) is 5.91 Å². The first-order valence-corrected chi connectivity index (χ1v) is 17.6. The van der Waals surface area contributed by atoms with Gasteiger partial charge in [0, 0.05) is 25.8 Å². The lowest BCUT2D eigenvalue weighted by atomic mass is 10.0. The Bertz CT molecular complexity index is 1840. The lowest BCUT2D eigenvalue weighted by Gasteiger charge is -2.16. The third-order valence-electron chi connectivity index (χ3n) is 6.53. The van der Waals surface area contributed by atoms with Gasteiger partial charge in [0.05, 0.1) is 28.3 Å². The van der Waals surface area contributed by atoms with Crippen LogP contribution in [0.25, 0.3) is 21.3 Å². The van der Waals surface area contributed by atoms with Crippen LogP contribution in [-0.4, -0.2) is 66.2 Å². The van der Waals surface area contributed by atoms with Gasteiger partial charge in [-0.3, -0.25) is 9.59 Å². The summed E-state index contributed by atoms with van der Waals surface area (Å²) in [5, 5.41) is 8.41. The molecule has 0 aliphatic carbocycles. The zero-order valence-electron chi connectivity index (χ0n) is 23.7. The second kappa shape index (κ2) is 14.3. The number of hydrogen-bond acceptors (Lipinski definition) is 9. The molecule has 44 heavy (non-hydrogen) atoms. The number of fused-ring (bicyclic) bond motifs is 1. The lowest BCUT2D eigenvalue weighted by Crippen LogP contribution is -2.37. The van der Waals surface area contributed by atoms with Crippen LogP contribution in [0.5, 0.6) is 0 Å². The molecule has 0 radical (unpaired) electrons. The molecule has 0 aliphatic heterocycles. The molecule has 0 saturated heterocycles. The van der Waals surface area contributed by atoms with Gasteiger partial charge in [-0.1, -0.05) is 42.5 Å². The van der Waals surface area contributed by atoms with E-state index in [-0.39, 0.29) is 17.5 Å². The number of alkyl halides is 1. The quantitative estimate of drug-likeness (QED) is 0.173. The number of carbonyl (C=O) groups excluding carboxylic acids is 2. The van der Waals surface area contributed by atoms with E-state index in [0.717, 1.165) is 22.5 Å². The molecule has 1 aromatic heterocycles. The largest absolute Gasteiger partial charge is 0.383 e. The maximum atomic E-state index is 13.6. The minimum atomic E-state index is -4.23. The van der Waals surface area contributed by atoms with Gasteiger partial charge in [-0.05, 0) is 46.5 Å². The minimum absolute atomic E-state index is 0.00807. The molecule has 2 amide bonds. The van der Waals surface area contributed by atoms with Crippen LogP contribution < -0.4 is 15.8 Å². The molecule has 0 fully saturated rings. The molecule has 0 aliphatic rings. The van der Waals surface area contributed by atoms with Crippen molar-refractivity contribution in [3.63, 3.8) is 0 Å². The summed E-state index contributed by atoms with van der Waals surface area (Å²) in [6.45, 7) is -0.310. The van der Waals surface area contributed by atoms with E-state index in [2.05, 4.69) is 15.6 Å². The van der Waals surface area contributed by atoms with Crippen molar-refractivity contribution in [3.05, 3.63) is 88.4 Å². The molecule has 4 rings (SSSR count). The molecule has 3 aromatic carbocycles. The Balaban J connectivity index is 1.63. The summed E-state index contributed by atoms with van der Waals surface area (Å²) < 4.78 is 68.5. The van der Waals surface area contributed by atoms with Crippen LogP contribution in [0.3, 0.4) is 0 Å². The Morgan fingerprint density at radius 2 is 1.59 bits per heavy atom. The number of amides is 2. The van der Waals surface area contributed by atoms with E-state index in [1.807, 2.05) is 6.07 Å². The van der Waals surface area contributed by atoms with E-state index in [4.69, 9.17) is 9.88 Å². The van der Waals surface area contributed by atoms with Gasteiger partial charge in [0.1, 0.15) is 11.7 Å². The highest BCUT2D eigenvalue weighted by molar-refractivity contribution is 7.91. The molecule has 11 nitrogen and oxygen atoms in total. The fraction of sp³-hybridized carbons (Fsp3) is 0.276. The van der Waals surface area contributed by atoms with Gasteiger partial charge in [0.2, 0.25) is 15.9 Å². The number of aromatic nitrogens is 1. The summed E-state index contributed by atoms with van der Waals surface area (Å²) in [5.74, 6) is -2.27. The first kappa shape index (κ1) is 33.1. The van der Waals surface area contributed by atoms with Crippen LogP contribution in [-0.2, 0) is 41.8 Å². The highest BCUT2D eigenvalue weighted by atomic mass is 32.2. The highest BCUT2D eigenvalue weighted by Gasteiger charge is 2.37. The van der Waals surface area contributed by atoms with Crippen molar-refractivity contribution in [1.29, 1.82) is 0 Å². The number of ether oxygens (including phenoxy) is 1. The molecule has 0 saturated carbocycles. The number of sulfone groups is 1. The number of thiazole rings is 1. The summed E-state index contributed by atoms with van der Waals surface area (Å²) in [5.41, 5.74) is 3.26. The molecule has 4 aromatic rings. The van der Waals surface area contributed by atoms with Crippen molar-refractivity contribution in [2.24, 2.45) is 5.14 Å². The third-order valence-corrected chi connectivity index (χ3v) is 10.4. The predicted octanol–water partition coefficient (Wildman–Crippen LogP) is 2.87. The molecule has 4 N–H and O–H groups in total. The molecule has 0 spiro atoms. The van der Waals surface area contributed by atoms with Crippen LogP contribution in [0.1, 0.15) is 31.7 Å². The Kier molecular flexibility index (Phi) is 10.8. The molecular weight excluding hydrogens is 632 g/mol. The van der Waals surface area contributed by atoms with Gasteiger partial charge in [-0.2, -0.15) is 0 Å². The number of primary sulfonamides is 1.